The van der Waals surface area contributed by atoms with Crippen LogP contribution in [0, 0.1) is 0 Å². The van der Waals surface area contributed by atoms with E-state index in [1.165, 1.54) is 0 Å². The van der Waals surface area contributed by atoms with E-state index in [0.29, 0.717) is 19.1 Å². The van der Waals surface area contributed by atoms with Crippen LogP contribution in [-0.4, -0.2) is 36.7 Å². The molecule has 6 heteroatoms. The summed E-state index contributed by atoms with van der Waals surface area (Å²) in [6.07, 6.45) is 0.559. The van der Waals surface area contributed by atoms with Crippen molar-refractivity contribution in [2.75, 3.05) is 20.3 Å². The van der Waals surface area contributed by atoms with Crippen LogP contribution in [0.5, 0.6) is 5.88 Å². The van der Waals surface area contributed by atoms with Gasteiger partial charge in [-0.3, -0.25) is 0 Å². The van der Waals surface area contributed by atoms with Crippen LogP contribution < -0.4 is 4.74 Å². The molecular formula is C10H12BrNO4. The first kappa shape index (κ1) is 11.8. The predicted octanol–water partition coefficient (Wildman–Crippen LogP) is 1.26. The lowest BCUT2D eigenvalue weighted by molar-refractivity contribution is 0.142. The lowest BCUT2D eigenvalue weighted by Gasteiger charge is -2.08. The summed E-state index contributed by atoms with van der Waals surface area (Å²) in [6.45, 7) is 0.909. The zero-order chi connectivity index (χ0) is 11.5. The minimum absolute atomic E-state index is 0.331. The zero-order valence-corrected chi connectivity index (χ0v) is 10.3. The Kier molecular flexibility index (Phi) is 3.75. The van der Waals surface area contributed by atoms with E-state index < -0.39 is 6.29 Å². The highest BCUT2D eigenvalue weighted by Gasteiger charge is 2.41. The Balaban J connectivity index is 2.10. The molecule has 1 aromatic rings. The summed E-state index contributed by atoms with van der Waals surface area (Å²) >= 11 is 3.31. The Labute approximate surface area is 101 Å². The van der Waals surface area contributed by atoms with Crippen molar-refractivity contribution < 1.29 is 19.3 Å². The van der Waals surface area contributed by atoms with Gasteiger partial charge in [0.2, 0.25) is 5.88 Å². The summed E-state index contributed by atoms with van der Waals surface area (Å²) in [6, 6.07) is 1.83. The SMILES string of the molecule is COCCOc1ncc(Br)cc1C1OC1O. The number of pyridine rings is 1. The Morgan fingerprint density at radius 2 is 2.31 bits per heavy atom. The number of aromatic nitrogens is 1. The highest BCUT2D eigenvalue weighted by atomic mass is 79.9. The highest BCUT2D eigenvalue weighted by molar-refractivity contribution is 9.10. The molecule has 5 nitrogen and oxygen atoms in total. The van der Waals surface area contributed by atoms with Crippen molar-refractivity contribution in [1.29, 1.82) is 0 Å². The van der Waals surface area contributed by atoms with Crippen molar-refractivity contribution >= 4 is 15.9 Å². The van der Waals surface area contributed by atoms with Crippen molar-refractivity contribution in [3.63, 3.8) is 0 Å². The van der Waals surface area contributed by atoms with Crippen LogP contribution >= 0.6 is 15.9 Å². The van der Waals surface area contributed by atoms with Crippen molar-refractivity contribution in [3.8, 4) is 5.88 Å². The number of halogens is 1. The van der Waals surface area contributed by atoms with Crippen LogP contribution in [0.2, 0.25) is 0 Å². The number of aliphatic hydroxyl groups is 1. The number of hydrogen-bond donors (Lipinski definition) is 1. The fraction of sp³-hybridized carbons (Fsp3) is 0.500. The van der Waals surface area contributed by atoms with E-state index >= 15 is 0 Å². The number of aliphatic hydroxyl groups excluding tert-OH is 1. The van der Waals surface area contributed by atoms with Gasteiger partial charge in [0.05, 0.1) is 6.61 Å². The number of ether oxygens (including phenoxy) is 3. The Hall–Kier alpha value is -0.690. The van der Waals surface area contributed by atoms with E-state index in [0.717, 1.165) is 10.0 Å². The highest BCUT2D eigenvalue weighted by Crippen LogP contribution is 2.41. The Morgan fingerprint density at radius 1 is 1.56 bits per heavy atom. The van der Waals surface area contributed by atoms with Crippen LogP contribution in [0.3, 0.4) is 0 Å². The van der Waals surface area contributed by atoms with Gasteiger partial charge in [-0.05, 0) is 22.0 Å². The fourth-order valence-corrected chi connectivity index (χ4v) is 1.67. The first-order valence-corrected chi connectivity index (χ1v) is 5.62. The molecule has 1 N–H and O–H groups in total. The second kappa shape index (κ2) is 5.09. The molecule has 0 saturated carbocycles. The van der Waals surface area contributed by atoms with Crippen LogP contribution in [0.25, 0.3) is 0 Å². The van der Waals surface area contributed by atoms with Crippen molar-refractivity contribution in [3.05, 3.63) is 22.3 Å². The molecule has 1 saturated heterocycles. The molecule has 0 spiro atoms. The first-order chi connectivity index (χ1) is 7.72. The van der Waals surface area contributed by atoms with Crippen LogP contribution in [0.15, 0.2) is 16.7 Å². The molecule has 88 valence electrons. The molecular weight excluding hydrogens is 278 g/mol. The molecule has 2 rings (SSSR count). The number of rotatable bonds is 5. The molecule has 0 amide bonds. The quantitative estimate of drug-likeness (QED) is 0.653. The number of hydrogen-bond acceptors (Lipinski definition) is 5. The van der Waals surface area contributed by atoms with Gasteiger partial charge in [0.1, 0.15) is 12.7 Å². The van der Waals surface area contributed by atoms with Crippen molar-refractivity contribution in [2.24, 2.45) is 0 Å². The third-order valence-corrected chi connectivity index (χ3v) is 2.58. The van der Waals surface area contributed by atoms with Gasteiger partial charge in [0.15, 0.2) is 6.29 Å². The lowest BCUT2D eigenvalue weighted by atomic mass is 10.2. The van der Waals surface area contributed by atoms with Gasteiger partial charge >= 0.3 is 0 Å². The summed E-state index contributed by atoms with van der Waals surface area (Å²) in [7, 11) is 1.60. The van der Waals surface area contributed by atoms with E-state index in [1.54, 1.807) is 13.3 Å². The van der Waals surface area contributed by atoms with Crippen LogP contribution in [-0.2, 0) is 9.47 Å². The number of nitrogens with zero attached hydrogens (tertiary/aromatic N) is 1. The Bertz CT molecular complexity index is 374. The zero-order valence-electron chi connectivity index (χ0n) is 8.72. The van der Waals surface area contributed by atoms with Gasteiger partial charge in [-0.1, -0.05) is 0 Å². The Morgan fingerprint density at radius 3 is 2.94 bits per heavy atom. The molecule has 0 radical (unpaired) electrons. The molecule has 0 aliphatic carbocycles. The number of methoxy groups -OCH3 is 1. The third-order valence-electron chi connectivity index (χ3n) is 2.15. The van der Waals surface area contributed by atoms with E-state index in [2.05, 4.69) is 20.9 Å². The molecule has 16 heavy (non-hydrogen) atoms. The smallest absolute Gasteiger partial charge is 0.219 e. The first-order valence-electron chi connectivity index (χ1n) is 4.83. The van der Waals surface area contributed by atoms with Crippen LogP contribution in [0.4, 0.5) is 0 Å². The third kappa shape index (κ3) is 2.70. The monoisotopic (exact) mass is 289 g/mol. The van der Waals surface area contributed by atoms with Gasteiger partial charge in [-0.15, -0.1) is 0 Å². The predicted molar refractivity (Wildman–Crippen MR) is 59.1 cm³/mol. The molecule has 2 atom stereocenters. The van der Waals surface area contributed by atoms with Crippen molar-refractivity contribution in [1.82, 2.24) is 4.98 Å². The van der Waals surface area contributed by atoms with Gasteiger partial charge in [0.25, 0.3) is 0 Å². The molecule has 2 heterocycles. The number of epoxide rings is 1. The molecule has 1 aliphatic heterocycles. The standard InChI is InChI=1S/C10H12BrNO4/c1-14-2-3-15-9-7(8-10(13)16-8)4-6(11)5-12-9/h4-5,8,10,13H,2-3H2,1H3. The van der Waals surface area contributed by atoms with Gasteiger partial charge in [-0.2, -0.15) is 0 Å². The largest absolute Gasteiger partial charge is 0.475 e. The van der Waals surface area contributed by atoms with Gasteiger partial charge in [0, 0.05) is 23.3 Å². The lowest BCUT2D eigenvalue weighted by Crippen LogP contribution is -2.07. The van der Waals surface area contributed by atoms with Gasteiger partial charge < -0.3 is 19.3 Å². The van der Waals surface area contributed by atoms with Gasteiger partial charge in [-0.25, -0.2) is 4.98 Å². The topological polar surface area (TPSA) is 64.1 Å². The summed E-state index contributed by atoms with van der Waals surface area (Å²) in [4.78, 5) is 4.13. The second-order valence-electron chi connectivity index (χ2n) is 3.34. The summed E-state index contributed by atoms with van der Waals surface area (Å²) < 4.78 is 16.1. The molecule has 1 aliphatic rings. The maximum absolute atomic E-state index is 9.22. The van der Waals surface area contributed by atoms with E-state index in [-0.39, 0.29) is 6.10 Å². The maximum atomic E-state index is 9.22. The summed E-state index contributed by atoms with van der Waals surface area (Å²) in [5, 5.41) is 9.22. The molecule has 0 aromatic carbocycles. The maximum Gasteiger partial charge on any atom is 0.219 e. The second-order valence-corrected chi connectivity index (χ2v) is 4.25. The average Bonchev–Trinajstić information content (AvgIpc) is 2.98. The van der Waals surface area contributed by atoms with Crippen LogP contribution in [0.1, 0.15) is 11.7 Å². The molecule has 1 aromatic heterocycles. The minimum atomic E-state index is -0.749. The molecule has 1 fully saturated rings. The normalized spacial score (nSPS) is 23.2. The summed E-state index contributed by atoms with van der Waals surface area (Å²) in [5.74, 6) is 0.474. The van der Waals surface area contributed by atoms with E-state index in [1.807, 2.05) is 6.07 Å². The van der Waals surface area contributed by atoms with Crippen molar-refractivity contribution in [2.45, 2.75) is 12.4 Å². The fourth-order valence-electron chi connectivity index (χ4n) is 1.32. The van der Waals surface area contributed by atoms with E-state index in [9.17, 15) is 5.11 Å². The molecule has 0 bridgehead atoms. The minimum Gasteiger partial charge on any atom is -0.475 e. The molecule has 2 unspecified atom stereocenters. The summed E-state index contributed by atoms with van der Waals surface area (Å²) in [5.41, 5.74) is 0.748. The van der Waals surface area contributed by atoms with E-state index in [4.69, 9.17) is 14.2 Å². The average molecular weight is 290 g/mol.